The number of aliphatic carboxylic acids is 1. The molecule has 0 bridgehead atoms. The van der Waals surface area contributed by atoms with Crippen molar-refractivity contribution >= 4 is 11.8 Å². The first kappa shape index (κ1) is 34.0. The Morgan fingerprint density at radius 2 is 1.63 bits per heavy atom. The number of ether oxygens (including phenoxy) is 1. The molecule has 0 saturated heterocycles. The summed E-state index contributed by atoms with van der Waals surface area (Å²) in [6, 6.07) is 15.6. The fourth-order valence-electron chi connectivity index (χ4n) is 4.76. The largest absolute Gasteiger partial charge is 0.484 e. The molecule has 4 aromatic rings. The Bertz CT molecular complexity index is 1660. The number of aromatic nitrogens is 1. The lowest BCUT2D eigenvalue weighted by molar-refractivity contribution is -0.139. The highest BCUT2D eigenvalue weighted by Crippen LogP contribution is 2.32. The van der Waals surface area contributed by atoms with Crippen LogP contribution in [0.4, 0.5) is 17.6 Å². The van der Waals surface area contributed by atoms with Gasteiger partial charge in [0.05, 0.1) is 5.56 Å². The summed E-state index contributed by atoms with van der Waals surface area (Å²) in [6.45, 7) is 5.63. The number of carboxylic acid groups (broad SMARTS) is 1. The third-order valence-corrected chi connectivity index (χ3v) is 7.30. The zero-order chi connectivity index (χ0) is 33.4. The number of carbonyl (C=O) groups is 2. The minimum Gasteiger partial charge on any atom is -0.484 e. The summed E-state index contributed by atoms with van der Waals surface area (Å²) in [7, 11) is 0. The monoisotopic (exact) mass is 638 g/mol. The van der Waals surface area contributed by atoms with Crippen LogP contribution in [-0.4, -0.2) is 27.9 Å². The summed E-state index contributed by atoms with van der Waals surface area (Å²) in [4.78, 5) is 29.4. The first-order valence-corrected chi connectivity index (χ1v) is 14.8. The Hall–Kier alpha value is -4.93. The minimum atomic E-state index is -4.52. The Kier molecular flexibility index (Phi) is 11.0. The van der Waals surface area contributed by atoms with E-state index in [4.69, 9.17) is 9.15 Å². The number of benzene rings is 3. The number of aryl methyl sites for hydroxylation is 1. The molecule has 7 nitrogen and oxygen atoms in total. The lowest BCUT2D eigenvalue weighted by Crippen LogP contribution is -2.38. The van der Waals surface area contributed by atoms with Gasteiger partial charge in [0.15, 0.2) is 5.78 Å². The van der Waals surface area contributed by atoms with E-state index >= 15 is 0 Å². The highest BCUT2D eigenvalue weighted by molar-refractivity contribution is 6.04. The van der Waals surface area contributed by atoms with Crippen molar-refractivity contribution in [1.82, 2.24) is 10.3 Å². The SMILES string of the molecule is CC/C(=C/C(=O)c1ccc(C(F)(F)F)cc1)N[C@@H](Cc1ccc(OC(CC)c2nc(-c3ccc(F)cc3)oc2CC)cc1)C(=O)O. The minimum absolute atomic E-state index is 0.0527. The zero-order valence-corrected chi connectivity index (χ0v) is 25.5. The molecule has 1 aromatic heterocycles. The van der Waals surface area contributed by atoms with Crippen molar-refractivity contribution in [3.8, 4) is 17.2 Å². The molecule has 0 aliphatic carbocycles. The molecule has 2 atom stereocenters. The van der Waals surface area contributed by atoms with Crippen molar-refractivity contribution in [2.45, 2.75) is 64.8 Å². The van der Waals surface area contributed by atoms with Gasteiger partial charge in [-0.1, -0.05) is 45.0 Å². The van der Waals surface area contributed by atoms with Crippen molar-refractivity contribution in [1.29, 1.82) is 0 Å². The van der Waals surface area contributed by atoms with Gasteiger partial charge in [-0.15, -0.1) is 0 Å². The number of oxazole rings is 1. The molecule has 0 spiro atoms. The van der Waals surface area contributed by atoms with Gasteiger partial charge < -0.3 is 19.6 Å². The quantitative estimate of drug-likeness (QED) is 0.0813. The van der Waals surface area contributed by atoms with Gasteiger partial charge in [0.25, 0.3) is 0 Å². The molecule has 0 aliphatic rings. The van der Waals surface area contributed by atoms with E-state index in [0.29, 0.717) is 59.2 Å². The van der Waals surface area contributed by atoms with Crippen LogP contribution >= 0.6 is 0 Å². The van der Waals surface area contributed by atoms with Crippen molar-refractivity contribution < 1.29 is 41.4 Å². The van der Waals surface area contributed by atoms with Gasteiger partial charge in [-0.05, 0) is 66.9 Å². The van der Waals surface area contributed by atoms with Crippen molar-refractivity contribution in [3.05, 3.63) is 119 Å². The second kappa shape index (κ2) is 14.9. The predicted octanol–water partition coefficient (Wildman–Crippen LogP) is 8.35. The Labute approximate surface area is 263 Å². The van der Waals surface area contributed by atoms with E-state index < -0.39 is 35.6 Å². The Morgan fingerprint density at radius 1 is 0.978 bits per heavy atom. The first-order valence-electron chi connectivity index (χ1n) is 14.8. The van der Waals surface area contributed by atoms with Crippen LogP contribution in [0.3, 0.4) is 0 Å². The molecule has 0 radical (unpaired) electrons. The summed E-state index contributed by atoms with van der Waals surface area (Å²) >= 11 is 0. The van der Waals surface area contributed by atoms with Crippen LogP contribution in [0.5, 0.6) is 5.75 Å². The lowest BCUT2D eigenvalue weighted by Gasteiger charge is -2.19. The number of nitrogens with one attached hydrogen (secondary N) is 1. The number of carboxylic acids is 1. The zero-order valence-electron chi connectivity index (χ0n) is 25.5. The molecule has 1 heterocycles. The number of halogens is 4. The standard InChI is InChI=1S/C35H34F4N2O5/c1-4-26(20-29(42)22-9-13-24(14-10-22)35(37,38)39)40-28(34(43)44)19-21-7-17-27(18-8-21)45-30(5-2)32-31(6-3)46-33(41-32)23-11-15-25(36)16-12-23/h7-18,20,28,30,40H,4-6,19H2,1-3H3,(H,43,44)/b26-20-/t28-,30?/m0/s1. The maximum Gasteiger partial charge on any atom is 0.416 e. The van der Waals surface area contributed by atoms with Gasteiger partial charge in [-0.3, -0.25) is 4.79 Å². The highest BCUT2D eigenvalue weighted by Gasteiger charge is 2.30. The molecule has 4 rings (SSSR count). The summed E-state index contributed by atoms with van der Waals surface area (Å²) in [5, 5.41) is 12.8. The van der Waals surface area contributed by atoms with Crippen LogP contribution in [0.15, 0.2) is 89.0 Å². The number of hydrogen-bond acceptors (Lipinski definition) is 6. The summed E-state index contributed by atoms with van der Waals surface area (Å²) in [6.07, 6.45) is -2.18. The molecule has 1 unspecified atom stereocenters. The second-order valence-corrected chi connectivity index (χ2v) is 10.5. The second-order valence-electron chi connectivity index (χ2n) is 10.5. The van der Waals surface area contributed by atoms with Crippen molar-refractivity contribution in [3.63, 3.8) is 0 Å². The van der Waals surface area contributed by atoms with Crippen LogP contribution in [0.1, 0.15) is 72.7 Å². The lowest BCUT2D eigenvalue weighted by atomic mass is 10.0. The fraction of sp³-hybridized carbons (Fsp3) is 0.286. The fourth-order valence-corrected chi connectivity index (χ4v) is 4.76. The molecule has 11 heteroatoms. The van der Waals surface area contributed by atoms with E-state index in [9.17, 15) is 32.3 Å². The van der Waals surface area contributed by atoms with E-state index in [1.54, 1.807) is 43.3 Å². The smallest absolute Gasteiger partial charge is 0.416 e. The molecule has 0 saturated carbocycles. The number of alkyl halides is 3. The topological polar surface area (TPSA) is 102 Å². The van der Waals surface area contributed by atoms with Crippen LogP contribution in [-0.2, 0) is 23.8 Å². The van der Waals surface area contributed by atoms with Crippen molar-refractivity contribution in [2.75, 3.05) is 0 Å². The van der Waals surface area contributed by atoms with Crippen LogP contribution in [0.25, 0.3) is 11.5 Å². The molecule has 46 heavy (non-hydrogen) atoms. The normalized spacial score (nSPS) is 13.2. The number of ketones is 1. The van der Waals surface area contributed by atoms with E-state index in [0.717, 1.165) is 24.3 Å². The van der Waals surface area contributed by atoms with E-state index in [1.165, 1.54) is 18.2 Å². The Balaban J connectivity index is 1.43. The van der Waals surface area contributed by atoms with E-state index in [2.05, 4.69) is 10.3 Å². The third-order valence-electron chi connectivity index (χ3n) is 7.30. The highest BCUT2D eigenvalue weighted by atomic mass is 19.4. The molecule has 0 fully saturated rings. The number of nitrogens with zero attached hydrogens (tertiary/aromatic N) is 1. The molecular weight excluding hydrogens is 604 g/mol. The van der Waals surface area contributed by atoms with Gasteiger partial charge in [0.1, 0.15) is 35.2 Å². The molecule has 242 valence electrons. The number of allylic oxidation sites excluding steroid dienone is 2. The van der Waals surface area contributed by atoms with Crippen LogP contribution in [0, 0.1) is 5.82 Å². The van der Waals surface area contributed by atoms with Gasteiger partial charge >= 0.3 is 12.1 Å². The predicted molar refractivity (Wildman–Crippen MR) is 164 cm³/mol. The van der Waals surface area contributed by atoms with Crippen LogP contribution < -0.4 is 10.1 Å². The summed E-state index contributed by atoms with van der Waals surface area (Å²) < 4.78 is 64.2. The first-order chi connectivity index (χ1) is 21.9. The molecule has 3 aromatic carbocycles. The molecular formula is C35H34F4N2O5. The third kappa shape index (κ3) is 8.62. The maximum absolute atomic E-state index is 13.4. The van der Waals surface area contributed by atoms with Gasteiger partial charge in [-0.2, -0.15) is 13.2 Å². The molecule has 0 aliphatic heterocycles. The molecule has 2 N–H and O–H groups in total. The number of carbonyl (C=O) groups excluding carboxylic acids is 1. The van der Waals surface area contributed by atoms with E-state index in [-0.39, 0.29) is 17.8 Å². The Morgan fingerprint density at radius 3 is 2.17 bits per heavy atom. The van der Waals surface area contributed by atoms with Gasteiger partial charge in [0, 0.05) is 35.7 Å². The maximum atomic E-state index is 13.4. The number of hydrogen-bond donors (Lipinski definition) is 2. The average Bonchev–Trinajstić information content (AvgIpc) is 3.47. The summed E-state index contributed by atoms with van der Waals surface area (Å²) in [5.74, 6) is -0.461. The van der Waals surface area contributed by atoms with Crippen molar-refractivity contribution in [2.24, 2.45) is 0 Å². The molecule has 0 amide bonds. The number of rotatable bonds is 14. The van der Waals surface area contributed by atoms with Crippen LogP contribution in [0.2, 0.25) is 0 Å². The summed E-state index contributed by atoms with van der Waals surface area (Å²) in [5.41, 5.74) is 1.51. The van der Waals surface area contributed by atoms with Gasteiger partial charge in [0.2, 0.25) is 5.89 Å². The van der Waals surface area contributed by atoms with Gasteiger partial charge in [-0.25, -0.2) is 14.2 Å². The average molecular weight is 639 g/mol. The van der Waals surface area contributed by atoms with E-state index in [1.807, 2.05) is 13.8 Å².